The molecule has 2 atom stereocenters. The molecule has 0 aromatic carbocycles. The van der Waals surface area contributed by atoms with Gasteiger partial charge in [0.2, 0.25) is 0 Å². The highest BCUT2D eigenvalue weighted by molar-refractivity contribution is 7.80. The Kier molecular flexibility index (Phi) is 4.09. The third kappa shape index (κ3) is 3.07. The van der Waals surface area contributed by atoms with E-state index in [0.29, 0.717) is 16.2 Å². The Balaban J connectivity index is 2.12. The van der Waals surface area contributed by atoms with Gasteiger partial charge in [-0.25, -0.2) is 0 Å². The number of amides is 1. The number of hydrogen-bond acceptors (Lipinski definition) is 4. The molecule has 1 aromatic rings. The molecule has 1 saturated carbocycles. The fourth-order valence-corrected chi connectivity index (χ4v) is 2.78. The van der Waals surface area contributed by atoms with Crippen LogP contribution in [0.25, 0.3) is 0 Å². The molecule has 1 amide bonds. The van der Waals surface area contributed by atoms with Gasteiger partial charge in [-0.05, 0) is 32.8 Å². The summed E-state index contributed by atoms with van der Waals surface area (Å²) < 4.78 is 0. The quantitative estimate of drug-likeness (QED) is 0.814. The summed E-state index contributed by atoms with van der Waals surface area (Å²) in [6.07, 6.45) is 2.91. The van der Waals surface area contributed by atoms with Crippen LogP contribution in [0.1, 0.15) is 41.0 Å². The molecule has 1 aromatic heterocycles. The minimum atomic E-state index is -0.122. The molecule has 0 radical (unpaired) electrons. The Hall–Kier alpha value is -1.56. The zero-order valence-electron chi connectivity index (χ0n) is 11.1. The van der Waals surface area contributed by atoms with Gasteiger partial charge in [0, 0.05) is 12.0 Å². The normalized spacial score (nSPS) is 22.2. The second-order valence-corrected chi connectivity index (χ2v) is 5.48. The Morgan fingerprint density at radius 2 is 2.16 bits per heavy atom. The van der Waals surface area contributed by atoms with Crippen molar-refractivity contribution in [3.8, 4) is 0 Å². The summed E-state index contributed by atoms with van der Waals surface area (Å²) in [6.45, 7) is 3.59. The fourth-order valence-electron chi connectivity index (χ4n) is 2.50. The molecule has 0 aliphatic heterocycles. The molecular formula is C13H18N4OS. The first-order valence-corrected chi connectivity index (χ1v) is 6.81. The summed E-state index contributed by atoms with van der Waals surface area (Å²) in [5.74, 6) is -0.0150. The van der Waals surface area contributed by atoms with Crippen molar-refractivity contribution in [2.24, 2.45) is 11.7 Å². The second kappa shape index (κ2) is 5.61. The van der Waals surface area contributed by atoms with Crippen molar-refractivity contribution < 1.29 is 4.79 Å². The summed E-state index contributed by atoms with van der Waals surface area (Å²) in [6, 6.07) is 1.79. The lowest BCUT2D eigenvalue weighted by Crippen LogP contribution is -2.42. The van der Waals surface area contributed by atoms with E-state index in [1.165, 1.54) is 0 Å². The minimum absolute atomic E-state index is 0.0397. The van der Waals surface area contributed by atoms with E-state index in [-0.39, 0.29) is 17.9 Å². The van der Waals surface area contributed by atoms with Crippen molar-refractivity contribution in [2.45, 2.75) is 39.2 Å². The molecule has 102 valence electrons. The van der Waals surface area contributed by atoms with Gasteiger partial charge >= 0.3 is 0 Å². The smallest absolute Gasteiger partial charge is 0.253 e. The molecule has 2 rings (SSSR count). The average Bonchev–Trinajstić information content (AvgIpc) is 2.80. The predicted molar refractivity (Wildman–Crippen MR) is 76.9 cm³/mol. The maximum Gasteiger partial charge on any atom is 0.253 e. The van der Waals surface area contributed by atoms with Gasteiger partial charge in [0.15, 0.2) is 0 Å². The number of aromatic nitrogens is 2. The first-order chi connectivity index (χ1) is 8.99. The average molecular weight is 278 g/mol. The van der Waals surface area contributed by atoms with Crippen molar-refractivity contribution in [2.75, 3.05) is 0 Å². The summed E-state index contributed by atoms with van der Waals surface area (Å²) in [7, 11) is 0. The Morgan fingerprint density at radius 3 is 2.84 bits per heavy atom. The molecule has 2 unspecified atom stereocenters. The van der Waals surface area contributed by atoms with E-state index in [9.17, 15) is 4.79 Å². The van der Waals surface area contributed by atoms with Gasteiger partial charge in [-0.15, -0.1) is 0 Å². The van der Waals surface area contributed by atoms with E-state index < -0.39 is 0 Å². The van der Waals surface area contributed by atoms with E-state index in [4.69, 9.17) is 18.0 Å². The summed E-state index contributed by atoms with van der Waals surface area (Å²) >= 11 is 5.05. The fraction of sp³-hybridized carbons (Fsp3) is 0.538. The molecule has 5 nitrogen and oxygen atoms in total. The lowest BCUT2D eigenvalue weighted by Gasteiger charge is -2.20. The largest absolute Gasteiger partial charge is 0.393 e. The number of carbonyl (C=O) groups excluding carboxylic acids is 1. The molecule has 6 heteroatoms. The number of thiocarbonyl (C=S) groups is 1. The monoisotopic (exact) mass is 278 g/mol. The van der Waals surface area contributed by atoms with Crippen LogP contribution in [0.5, 0.6) is 0 Å². The van der Waals surface area contributed by atoms with Crippen molar-refractivity contribution >= 4 is 23.1 Å². The number of aryl methyl sites for hydroxylation is 2. The molecule has 1 fully saturated rings. The standard InChI is InChI=1S/C13H18N4OS/c1-7-6-10(8(2)17-16-7)13(18)15-11-5-3-4-9(11)12(14)19/h6,9,11H,3-5H2,1-2H3,(H2,14,19)(H,15,18). The molecule has 1 heterocycles. The van der Waals surface area contributed by atoms with E-state index in [0.717, 1.165) is 25.0 Å². The Labute approximate surface area is 118 Å². The highest BCUT2D eigenvalue weighted by Gasteiger charge is 2.31. The van der Waals surface area contributed by atoms with Gasteiger partial charge < -0.3 is 11.1 Å². The van der Waals surface area contributed by atoms with Gasteiger partial charge in [-0.3, -0.25) is 4.79 Å². The molecule has 1 aliphatic carbocycles. The molecule has 19 heavy (non-hydrogen) atoms. The van der Waals surface area contributed by atoms with Gasteiger partial charge in [0.1, 0.15) is 0 Å². The minimum Gasteiger partial charge on any atom is -0.393 e. The van der Waals surface area contributed by atoms with Gasteiger partial charge in [-0.1, -0.05) is 18.6 Å². The van der Waals surface area contributed by atoms with Crippen LogP contribution in [-0.4, -0.2) is 27.1 Å². The number of carbonyl (C=O) groups is 1. The van der Waals surface area contributed by atoms with Crippen molar-refractivity contribution in [1.29, 1.82) is 0 Å². The third-order valence-corrected chi connectivity index (χ3v) is 3.85. The lowest BCUT2D eigenvalue weighted by atomic mass is 10.0. The summed E-state index contributed by atoms with van der Waals surface area (Å²) in [4.78, 5) is 12.8. The van der Waals surface area contributed by atoms with Crippen LogP contribution >= 0.6 is 12.2 Å². The molecule has 0 saturated heterocycles. The molecule has 1 aliphatic rings. The summed E-state index contributed by atoms with van der Waals surface area (Å²) in [5, 5.41) is 10.9. The van der Waals surface area contributed by atoms with Crippen LogP contribution in [-0.2, 0) is 0 Å². The van der Waals surface area contributed by atoms with E-state index in [1.807, 2.05) is 6.92 Å². The number of rotatable bonds is 3. The lowest BCUT2D eigenvalue weighted by molar-refractivity contribution is 0.0932. The third-order valence-electron chi connectivity index (χ3n) is 3.54. The highest BCUT2D eigenvalue weighted by Crippen LogP contribution is 2.26. The first kappa shape index (κ1) is 13.9. The topological polar surface area (TPSA) is 80.9 Å². The number of nitrogens with zero attached hydrogens (tertiary/aromatic N) is 2. The maximum absolute atomic E-state index is 12.3. The van der Waals surface area contributed by atoms with Crippen molar-refractivity contribution in [1.82, 2.24) is 15.5 Å². The van der Waals surface area contributed by atoms with E-state index in [1.54, 1.807) is 13.0 Å². The van der Waals surface area contributed by atoms with E-state index >= 15 is 0 Å². The van der Waals surface area contributed by atoms with Crippen molar-refractivity contribution in [3.05, 3.63) is 23.0 Å². The molecule has 3 N–H and O–H groups in total. The molecular weight excluding hydrogens is 260 g/mol. The molecule has 0 bridgehead atoms. The van der Waals surface area contributed by atoms with E-state index in [2.05, 4.69) is 15.5 Å². The van der Waals surface area contributed by atoms with Crippen LogP contribution in [0, 0.1) is 19.8 Å². The SMILES string of the molecule is Cc1cc(C(=O)NC2CCCC2C(N)=S)c(C)nn1. The number of nitrogens with two attached hydrogens (primary N) is 1. The first-order valence-electron chi connectivity index (χ1n) is 6.40. The van der Waals surface area contributed by atoms with Crippen LogP contribution < -0.4 is 11.1 Å². The zero-order valence-corrected chi connectivity index (χ0v) is 12.0. The van der Waals surface area contributed by atoms with Gasteiger partial charge in [0.25, 0.3) is 5.91 Å². The highest BCUT2D eigenvalue weighted by atomic mass is 32.1. The summed E-state index contributed by atoms with van der Waals surface area (Å²) in [5.41, 5.74) is 7.65. The zero-order chi connectivity index (χ0) is 14.0. The number of hydrogen-bond donors (Lipinski definition) is 2. The molecule has 0 spiro atoms. The van der Waals surface area contributed by atoms with Crippen LogP contribution in [0.2, 0.25) is 0 Å². The maximum atomic E-state index is 12.3. The Bertz CT molecular complexity index is 517. The van der Waals surface area contributed by atoms with Gasteiger partial charge in [-0.2, -0.15) is 10.2 Å². The van der Waals surface area contributed by atoms with Crippen molar-refractivity contribution in [3.63, 3.8) is 0 Å². The number of nitrogens with one attached hydrogen (secondary N) is 1. The van der Waals surface area contributed by atoms with Crippen LogP contribution in [0.4, 0.5) is 0 Å². The Morgan fingerprint density at radius 1 is 1.42 bits per heavy atom. The predicted octanol–water partition coefficient (Wildman–Crippen LogP) is 1.28. The second-order valence-electron chi connectivity index (χ2n) is 5.00. The van der Waals surface area contributed by atoms with Gasteiger partial charge in [0.05, 0.1) is 21.9 Å². The van der Waals surface area contributed by atoms with Crippen LogP contribution in [0.15, 0.2) is 6.07 Å². The van der Waals surface area contributed by atoms with Crippen LogP contribution in [0.3, 0.4) is 0 Å².